The van der Waals surface area contributed by atoms with E-state index in [1.807, 2.05) is 0 Å². The number of amides is 1. The number of anilines is 3. The Morgan fingerprint density at radius 2 is 1.85 bits per heavy atom. The lowest BCUT2D eigenvalue weighted by Gasteiger charge is -2.05. The van der Waals surface area contributed by atoms with Crippen LogP contribution < -0.4 is 10.6 Å². The minimum atomic E-state index is -4.53. The molecule has 2 aromatic heterocycles. The summed E-state index contributed by atoms with van der Waals surface area (Å²) in [6.45, 7) is 1.42. The Hall–Kier alpha value is -2.73. The number of nitrogens with one attached hydrogen (secondary N) is 2. The van der Waals surface area contributed by atoms with Crippen LogP contribution in [-0.4, -0.2) is 26.3 Å². The third-order valence-corrected chi connectivity index (χ3v) is 4.78. The van der Waals surface area contributed by atoms with Gasteiger partial charge in [0.2, 0.25) is 11.0 Å². The quantitative estimate of drug-likeness (QED) is 0.649. The Kier molecular flexibility index (Phi) is 5.56. The summed E-state index contributed by atoms with van der Waals surface area (Å²) in [4.78, 5) is 11.1. The van der Waals surface area contributed by atoms with Crippen molar-refractivity contribution in [2.24, 2.45) is 0 Å². The molecule has 2 N–H and O–H groups in total. The first-order chi connectivity index (χ1) is 12.8. The Morgan fingerprint density at radius 1 is 1.07 bits per heavy atom. The molecule has 2 heterocycles. The van der Waals surface area contributed by atoms with Crippen LogP contribution in [0.3, 0.4) is 0 Å². The van der Waals surface area contributed by atoms with Crippen LogP contribution in [0.1, 0.15) is 12.6 Å². The van der Waals surface area contributed by atoms with Gasteiger partial charge in [0.05, 0.1) is 0 Å². The Bertz CT molecular complexity index is 945. The summed E-state index contributed by atoms with van der Waals surface area (Å²) in [6, 6.07) is 9.13. The third kappa shape index (κ3) is 5.37. The first kappa shape index (κ1) is 19.0. The van der Waals surface area contributed by atoms with Crippen molar-refractivity contribution in [3.63, 3.8) is 0 Å². The van der Waals surface area contributed by atoms with Gasteiger partial charge in [0.25, 0.3) is 0 Å². The second-order valence-corrected chi connectivity index (χ2v) is 7.36. The van der Waals surface area contributed by atoms with Crippen molar-refractivity contribution < 1.29 is 18.0 Å². The van der Waals surface area contributed by atoms with E-state index in [4.69, 9.17) is 0 Å². The minimum Gasteiger partial charge on any atom is -0.330 e. The molecule has 0 atom stereocenters. The summed E-state index contributed by atoms with van der Waals surface area (Å²) in [5.41, 5.74) is 0.278. The lowest BCUT2D eigenvalue weighted by molar-refractivity contribution is -0.141. The molecule has 1 amide bonds. The van der Waals surface area contributed by atoms with Crippen molar-refractivity contribution >= 4 is 45.5 Å². The summed E-state index contributed by atoms with van der Waals surface area (Å²) in [7, 11) is 0. The SMILES string of the molecule is CC(=O)Nc1cccc(Nc2nnc(Sc3ccc(C(F)(F)F)nn3)s2)c1. The number of hydrogen-bond donors (Lipinski definition) is 2. The number of carbonyl (C=O) groups excluding carboxylic acids is 1. The normalized spacial score (nSPS) is 11.3. The summed E-state index contributed by atoms with van der Waals surface area (Å²) in [5.74, 6) is -0.181. The molecule has 0 saturated carbocycles. The van der Waals surface area contributed by atoms with Crippen LogP contribution in [0.15, 0.2) is 45.8 Å². The monoisotopic (exact) mass is 412 g/mol. The average Bonchev–Trinajstić information content (AvgIpc) is 3.01. The second-order valence-electron chi connectivity index (χ2n) is 5.12. The molecule has 7 nitrogen and oxygen atoms in total. The molecule has 0 aliphatic rings. The van der Waals surface area contributed by atoms with E-state index in [1.165, 1.54) is 24.3 Å². The summed E-state index contributed by atoms with van der Waals surface area (Å²) in [6.07, 6.45) is -4.53. The molecule has 0 fully saturated rings. The third-order valence-electron chi connectivity index (χ3n) is 2.96. The summed E-state index contributed by atoms with van der Waals surface area (Å²) in [5, 5.41) is 21.1. The van der Waals surface area contributed by atoms with Crippen LogP contribution in [-0.2, 0) is 11.0 Å². The fourth-order valence-electron chi connectivity index (χ4n) is 1.92. The lowest BCUT2D eigenvalue weighted by atomic mass is 10.3. The molecule has 0 aliphatic carbocycles. The number of halogens is 3. The van der Waals surface area contributed by atoms with Gasteiger partial charge in [0.15, 0.2) is 10.0 Å². The number of aromatic nitrogens is 4. The van der Waals surface area contributed by atoms with Gasteiger partial charge in [-0.25, -0.2) is 0 Å². The minimum absolute atomic E-state index is 0.181. The second kappa shape index (κ2) is 7.88. The number of hydrogen-bond acceptors (Lipinski definition) is 8. The van der Waals surface area contributed by atoms with Crippen LogP contribution in [0.4, 0.5) is 29.7 Å². The maximum Gasteiger partial charge on any atom is 0.435 e. The van der Waals surface area contributed by atoms with E-state index in [1.54, 1.807) is 24.3 Å². The highest BCUT2D eigenvalue weighted by molar-refractivity contribution is 8.01. The summed E-state index contributed by atoms with van der Waals surface area (Å²) >= 11 is 2.26. The molecule has 3 aromatic rings. The van der Waals surface area contributed by atoms with Crippen molar-refractivity contribution in [3.8, 4) is 0 Å². The molecule has 3 rings (SSSR count). The van der Waals surface area contributed by atoms with E-state index >= 15 is 0 Å². The molecule has 1 aromatic carbocycles. The van der Waals surface area contributed by atoms with Crippen molar-refractivity contribution in [1.82, 2.24) is 20.4 Å². The highest BCUT2D eigenvalue weighted by atomic mass is 32.2. The van der Waals surface area contributed by atoms with Crippen molar-refractivity contribution in [3.05, 3.63) is 42.1 Å². The highest BCUT2D eigenvalue weighted by Gasteiger charge is 2.32. The molecule has 0 unspecified atom stereocenters. The fourth-order valence-corrected chi connectivity index (χ4v) is 3.55. The maximum absolute atomic E-state index is 12.5. The molecule has 27 heavy (non-hydrogen) atoms. The molecule has 140 valence electrons. The highest BCUT2D eigenvalue weighted by Crippen LogP contribution is 2.33. The van der Waals surface area contributed by atoms with Gasteiger partial charge in [-0.3, -0.25) is 4.79 Å². The number of nitrogens with zero attached hydrogens (tertiary/aromatic N) is 4. The predicted molar refractivity (Wildman–Crippen MR) is 95.1 cm³/mol. The molecular weight excluding hydrogens is 401 g/mol. The maximum atomic E-state index is 12.5. The largest absolute Gasteiger partial charge is 0.435 e. The van der Waals surface area contributed by atoms with Crippen molar-refractivity contribution in [2.75, 3.05) is 10.6 Å². The lowest BCUT2D eigenvalue weighted by Crippen LogP contribution is -2.08. The molecule has 0 radical (unpaired) electrons. The van der Waals surface area contributed by atoms with Crippen LogP contribution in [0.2, 0.25) is 0 Å². The van der Waals surface area contributed by atoms with E-state index in [9.17, 15) is 18.0 Å². The molecule has 0 aliphatic heterocycles. The smallest absolute Gasteiger partial charge is 0.330 e. The van der Waals surface area contributed by atoms with Gasteiger partial charge in [0.1, 0.15) is 5.03 Å². The standard InChI is InChI=1S/C15H11F3N6OS2/c1-8(25)19-9-3-2-4-10(7-9)20-13-23-24-14(27-13)26-12-6-5-11(21-22-12)15(16,17)18/h2-7H,1H3,(H,19,25)(H,20,23). The number of alkyl halides is 3. The zero-order valence-corrected chi connectivity index (χ0v) is 15.2. The van der Waals surface area contributed by atoms with Crippen LogP contribution in [0, 0.1) is 0 Å². The zero-order valence-electron chi connectivity index (χ0n) is 13.6. The van der Waals surface area contributed by atoms with Crippen LogP contribution in [0.5, 0.6) is 0 Å². The Balaban J connectivity index is 1.66. The van der Waals surface area contributed by atoms with Gasteiger partial charge in [-0.2, -0.15) is 13.2 Å². The number of benzene rings is 1. The Labute approximate surface area is 159 Å². The zero-order chi connectivity index (χ0) is 19.4. The van der Waals surface area contributed by atoms with E-state index in [2.05, 4.69) is 31.0 Å². The van der Waals surface area contributed by atoms with E-state index in [0.717, 1.165) is 17.8 Å². The van der Waals surface area contributed by atoms with Crippen LogP contribution >= 0.6 is 23.1 Å². The molecule has 0 bridgehead atoms. The van der Waals surface area contributed by atoms with Gasteiger partial charge in [-0.15, -0.1) is 20.4 Å². The van der Waals surface area contributed by atoms with Gasteiger partial charge in [0, 0.05) is 18.3 Å². The van der Waals surface area contributed by atoms with E-state index in [-0.39, 0.29) is 10.9 Å². The molecular formula is C15H11F3N6OS2. The molecule has 12 heteroatoms. The van der Waals surface area contributed by atoms with Gasteiger partial charge >= 0.3 is 6.18 Å². The van der Waals surface area contributed by atoms with Gasteiger partial charge < -0.3 is 10.6 Å². The van der Waals surface area contributed by atoms with Crippen LogP contribution in [0.25, 0.3) is 0 Å². The first-order valence-corrected chi connectivity index (χ1v) is 9.00. The average molecular weight is 412 g/mol. The number of rotatable bonds is 5. The summed E-state index contributed by atoms with van der Waals surface area (Å²) < 4.78 is 38.0. The van der Waals surface area contributed by atoms with Crippen molar-refractivity contribution in [2.45, 2.75) is 22.5 Å². The first-order valence-electron chi connectivity index (χ1n) is 7.36. The van der Waals surface area contributed by atoms with E-state index < -0.39 is 11.9 Å². The van der Waals surface area contributed by atoms with Crippen molar-refractivity contribution in [1.29, 1.82) is 0 Å². The number of carbonyl (C=O) groups is 1. The van der Waals surface area contributed by atoms with E-state index in [0.29, 0.717) is 20.8 Å². The van der Waals surface area contributed by atoms with Gasteiger partial charge in [-0.05, 0) is 42.1 Å². The topological polar surface area (TPSA) is 92.7 Å². The predicted octanol–water partition coefficient (Wildman–Crippen LogP) is 4.20. The molecule has 0 saturated heterocycles. The fraction of sp³-hybridized carbons (Fsp3) is 0.133. The Morgan fingerprint density at radius 3 is 2.52 bits per heavy atom. The molecule has 0 spiro atoms. The van der Waals surface area contributed by atoms with Gasteiger partial charge in [-0.1, -0.05) is 17.4 Å².